The van der Waals surface area contributed by atoms with Gasteiger partial charge in [-0.1, -0.05) is 29.8 Å². The third-order valence-electron chi connectivity index (χ3n) is 5.54. The largest absolute Gasteiger partial charge is 0.365 e. The van der Waals surface area contributed by atoms with Crippen LogP contribution < -0.4 is 10.5 Å². The Morgan fingerprint density at radius 1 is 1.11 bits per heavy atom. The molecule has 9 heteroatoms. The topological polar surface area (TPSA) is 58.4 Å². The first-order chi connectivity index (χ1) is 13.2. The number of halogens is 3. The Labute approximate surface area is 177 Å². The van der Waals surface area contributed by atoms with E-state index in [-0.39, 0.29) is 16.5 Å². The van der Waals surface area contributed by atoms with Gasteiger partial charge in [-0.3, -0.25) is 9.59 Å². The molecule has 1 unspecified atom stereocenters. The predicted octanol–water partition coefficient (Wildman–Crippen LogP) is 3.12. The average molecular weight is 442 g/mol. The van der Waals surface area contributed by atoms with Gasteiger partial charge in [-0.2, -0.15) is 9.78 Å². The third kappa shape index (κ3) is 3.17. The Balaban J connectivity index is 1.49. The molecule has 1 aliphatic carbocycles. The van der Waals surface area contributed by atoms with E-state index >= 15 is 0 Å². The normalized spacial score (nSPS) is 23.6. The van der Waals surface area contributed by atoms with Crippen LogP contribution in [0.2, 0.25) is 5.02 Å². The highest BCUT2D eigenvalue weighted by Crippen LogP contribution is 2.64. The van der Waals surface area contributed by atoms with E-state index in [4.69, 9.17) is 34.8 Å². The molecule has 6 nitrogen and oxygen atoms in total. The Bertz CT molecular complexity index is 971. The van der Waals surface area contributed by atoms with Crippen LogP contribution >= 0.6 is 34.8 Å². The van der Waals surface area contributed by atoms with E-state index in [1.165, 1.54) is 4.68 Å². The van der Waals surface area contributed by atoms with Crippen molar-refractivity contribution in [1.29, 1.82) is 0 Å². The third-order valence-corrected chi connectivity index (χ3v) is 7.00. The number of para-hydroxylation sites is 1. The average Bonchev–Trinajstić information content (AvgIpc) is 3.23. The van der Waals surface area contributed by atoms with Gasteiger partial charge in [0.1, 0.15) is 9.36 Å². The van der Waals surface area contributed by atoms with Crippen LogP contribution in [-0.4, -0.2) is 51.1 Å². The van der Waals surface area contributed by atoms with Gasteiger partial charge in [0.05, 0.1) is 23.0 Å². The second-order valence-electron chi connectivity index (χ2n) is 7.39. The fourth-order valence-corrected chi connectivity index (χ4v) is 4.47. The van der Waals surface area contributed by atoms with E-state index in [9.17, 15) is 9.59 Å². The molecule has 28 heavy (non-hydrogen) atoms. The molecule has 1 saturated carbocycles. The molecule has 0 radical (unpaired) electrons. The van der Waals surface area contributed by atoms with E-state index in [0.717, 1.165) is 0 Å². The predicted molar refractivity (Wildman–Crippen MR) is 111 cm³/mol. The zero-order chi connectivity index (χ0) is 20.1. The number of benzene rings is 1. The van der Waals surface area contributed by atoms with Gasteiger partial charge >= 0.3 is 0 Å². The number of amides is 1. The highest BCUT2D eigenvalue weighted by Gasteiger charge is 2.68. The molecule has 148 valence electrons. The Morgan fingerprint density at radius 2 is 1.71 bits per heavy atom. The van der Waals surface area contributed by atoms with E-state index in [1.807, 2.05) is 23.1 Å². The summed E-state index contributed by atoms with van der Waals surface area (Å²) in [5.74, 6) is -0.0270. The molecule has 1 aromatic heterocycles. The molecule has 2 heterocycles. The van der Waals surface area contributed by atoms with Gasteiger partial charge in [-0.05, 0) is 25.5 Å². The monoisotopic (exact) mass is 440 g/mol. The Hall–Kier alpha value is -1.76. The second kappa shape index (κ2) is 6.94. The number of piperazine rings is 1. The lowest BCUT2D eigenvalue weighted by molar-refractivity contribution is -0.136. The van der Waals surface area contributed by atoms with Crippen LogP contribution in [0.25, 0.3) is 5.69 Å². The van der Waals surface area contributed by atoms with Gasteiger partial charge in [0.25, 0.3) is 5.56 Å². The maximum atomic E-state index is 12.7. The highest BCUT2D eigenvalue weighted by atomic mass is 35.5. The Morgan fingerprint density at radius 3 is 2.29 bits per heavy atom. The van der Waals surface area contributed by atoms with Gasteiger partial charge in [0.15, 0.2) is 0 Å². The van der Waals surface area contributed by atoms with Crippen molar-refractivity contribution >= 4 is 46.4 Å². The molecule has 2 aliphatic rings. The summed E-state index contributed by atoms with van der Waals surface area (Å²) in [6, 6.07) is 9.12. The van der Waals surface area contributed by atoms with Crippen molar-refractivity contribution in [1.82, 2.24) is 14.7 Å². The van der Waals surface area contributed by atoms with E-state index < -0.39 is 9.75 Å². The molecule has 4 rings (SSSR count). The van der Waals surface area contributed by atoms with Gasteiger partial charge in [-0.25, -0.2) is 0 Å². The number of carbonyl (C=O) groups excluding carboxylic acids is 1. The minimum Gasteiger partial charge on any atom is -0.365 e. The van der Waals surface area contributed by atoms with Crippen molar-refractivity contribution in [3.63, 3.8) is 0 Å². The van der Waals surface area contributed by atoms with Gasteiger partial charge in [0, 0.05) is 26.2 Å². The molecule has 1 saturated heterocycles. The van der Waals surface area contributed by atoms with Gasteiger partial charge in [-0.15, -0.1) is 23.2 Å². The summed E-state index contributed by atoms with van der Waals surface area (Å²) in [5, 5.41) is 4.39. The molecule has 1 aromatic carbocycles. The number of anilines is 1. The molecular weight excluding hydrogens is 423 g/mol. The number of alkyl halides is 2. The molecule has 1 atom stereocenters. The SMILES string of the molecule is CC1(C(=O)N2CCN(c3cnn(-c4ccccc4)c(=O)c3Cl)CC2)CC1(Cl)Cl. The first kappa shape index (κ1) is 19.6. The van der Waals surface area contributed by atoms with Crippen molar-refractivity contribution in [2.45, 2.75) is 17.7 Å². The lowest BCUT2D eigenvalue weighted by Crippen LogP contribution is -2.51. The second-order valence-corrected chi connectivity index (χ2v) is 9.25. The number of rotatable bonds is 3. The quantitative estimate of drug-likeness (QED) is 0.687. The highest BCUT2D eigenvalue weighted by molar-refractivity contribution is 6.53. The number of hydrogen-bond donors (Lipinski definition) is 0. The zero-order valence-electron chi connectivity index (χ0n) is 15.2. The summed E-state index contributed by atoms with van der Waals surface area (Å²) in [6.45, 7) is 3.92. The number of carbonyl (C=O) groups is 1. The summed E-state index contributed by atoms with van der Waals surface area (Å²) in [4.78, 5) is 29.1. The fourth-order valence-electron chi connectivity index (χ4n) is 3.53. The molecule has 2 fully saturated rings. The van der Waals surface area contributed by atoms with Gasteiger partial charge < -0.3 is 9.80 Å². The summed E-state index contributed by atoms with van der Waals surface area (Å²) in [7, 11) is 0. The minimum atomic E-state index is -0.976. The molecule has 0 bridgehead atoms. The van der Waals surface area contributed by atoms with Crippen LogP contribution in [0, 0.1) is 5.41 Å². The zero-order valence-corrected chi connectivity index (χ0v) is 17.5. The maximum absolute atomic E-state index is 12.7. The summed E-state index contributed by atoms with van der Waals surface area (Å²) in [5.41, 5.74) is 0.143. The fraction of sp³-hybridized carbons (Fsp3) is 0.421. The van der Waals surface area contributed by atoms with E-state index in [0.29, 0.717) is 44.0 Å². The first-order valence-electron chi connectivity index (χ1n) is 9.00. The number of hydrogen-bond acceptors (Lipinski definition) is 4. The molecule has 0 N–H and O–H groups in total. The maximum Gasteiger partial charge on any atom is 0.292 e. The molecular formula is C19H19Cl3N4O2. The van der Waals surface area contributed by atoms with Crippen molar-refractivity contribution in [2.24, 2.45) is 5.41 Å². The van der Waals surface area contributed by atoms with Crippen molar-refractivity contribution in [3.05, 3.63) is 51.9 Å². The van der Waals surface area contributed by atoms with Crippen molar-refractivity contribution in [3.8, 4) is 5.69 Å². The summed E-state index contributed by atoms with van der Waals surface area (Å²) in [6.07, 6.45) is 2.06. The van der Waals surface area contributed by atoms with Crippen LogP contribution in [0.5, 0.6) is 0 Å². The van der Waals surface area contributed by atoms with Crippen LogP contribution in [0.3, 0.4) is 0 Å². The lowest BCUT2D eigenvalue weighted by atomic mass is 10.1. The molecule has 0 spiro atoms. The molecule has 1 aliphatic heterocycles. The minimum absolute atomic E-state index is 0.0270. The lowest BCUT2D eigenvalue weighted by Gasteiger charge is -2.37. The first-order valence-corrected chi connectivity index (χ1v) is 10.1. The summed E-state index contributed by atoms with van der Waals surface area (Å²) >= 11 is 18.6. The summed E-state index contributed by atoms with van der Waals surface area (Å²) < 4.78 is 0.302. The van der Waals surface area contributed by atoms with Crippen LogP contribution in [0.15, 0.2) is 41.3 Å². The van der Waals surface area contributed by atoms with Crippen LogP contribution in [-0.2, 0) is 4.79 Å². The molecule has 2 aromatic rings. The Kier molecular flexibility index (Phi) is 4.84. The van der Waals surface area contributed by atoms with E-state index in [1.54, 1.807) is 30.2 Å². The van der Waals surface area contributed by atoms with E-state index in [2.05, 4.69) is 5.10 Å². The standard InChI is InChI=1S/C19H19Cl3N4O2/c1-18(12-19(18,21)22)17(28)25-9-7-24(8-10-25)14-11-23-26(16(27)15(14)20)13-5-3-2-4-6-13/h2-6,11H,7-10,12H2,1H3. The van der Waals surface area contributed by atoms with Crippen molar-refractivity contribution in [2.75, 3.05) is 31.1 Å². The number of nitrogens with zero attached hydrogens (tertiary/aromatic N) is 4. The van der Waals surface area contributed by atoms with Crippen LogP contribution in [0.1, 0.15) is 13.3 Å². The van der Waals surface area contributed by atoms with Crippen molar-refractivity contribution < 1.29 is 4.79 Å². The molecule has 1 amide bonds. The van der Waals surface area contributed by atoms with Gasteiger partial charge in [0.2, 0.25) is 5.91 Å². The number of aromatic nitrogens is 2. The van der Waals surface area contributed by atoms with Crippen LogP contribution in [0.4, 0.5) is 5.69 Å². The smallest absolute Gasteiger partial charge is 0.292 e.